The lowest BCUT2D eigenvalue weighted by molar-refractivity contribution is 0.0330. The van der Waals surface area contributed by atoms with E-state index in [1.54, 1.807) is 11.3 Å². The van der Waals surface area contributed by atoms with Gasteiger partial charge in [0.15, 0.2) is 0 Å². The maximum Gasteiger partial charge on any atom is 0.231 e. The molecule has 0 amide bonds. The zero-order chi connectivity index (χ0) is 19.0. The molecule has 0 radical (unpaired) electrons. The fourth-order valence-electron chi connectivity index (χ4n) is 3.28. The van der Waals surface area contributed by atoms with Crippen molar-refractivity contribution in [2.45, 2.75) is 34.2 Å². The predicted octanol–water partition coefficient (Wildman–Crippen LogP) is 4.55. The van der Waals surface area contributed by atoms with Gasteiger partial charge in [-0.3, -0.25) is 4.90 Å². The van der Waals surface area contributed by atoms with Crippen molar-refractivity contribution in [1.29, 1.82) is 0 Å². The Hall–Kier alpha value is -2.02. The van der Waals surface area contributed by atoms with E-state index in [4.69, 9.17) is 19.4 Å². The van der Waals surface area contributed by atoms with E-state index in [9.17, 15) is 0 Å². The van der Waals surface area contributed by atoms with Crippen molar-refractivity contribution in [2.75, 3.05) is 26.3 Å². The first-order valence-corrected chi connectivity index (χ1v) is 10.1. The molecule has 0 unspecified atom stereocenters. The van der Waals surface area contributed by atoms with Gasteiger partial charge in [0.05, 0.1) is 25.1 Å². The van der Waals surface area contributed by atoms with Crippen LogP contribution in [0.25, 0.3) is 10.2 Å². The molecule has 1 saturated heterocycles. The van der Waals surface area contributed by atoms with Crippen LogP contribution in [0, 0.1) is 27.7 Å². The number of hydrogen-bond acceptors (Lipinski definition) is 6. The highest BCUT2D eigenvalue weighted by Crippen LogP contribution is 2.37. The van der Waals surface area contributed by atoms with Gasteiger partial charge in [0.1, 0.15) is 16.4 Å². The molecule has 3 heterocycles. The molecule has 1 aromatic carbocycles. The van der Waals surface area contributed by atoms with Crippen molar-refractivity contribution in [3.63, 3.8) is 0 Å². The Morgan fingerprint density at radius 3 is 2.67 bits per heavy atom. The lowest BCUT2D eigenvalue weighted by atomic mass is 10.1. The SMILES string of the molecule is Cc1ccc(C)c(Oc2nc(CN3CCOCC3)nc3sc(C)c(C)c23)c1. The summed E-state index contributed by atoms with van der Waals surface area (Å²) in [4.78, 5) is 14.3. The smallest absolute Gasteiger partial charge is 0.231 e. The Morgan fingerprint density at radius 2 is 1.89 bits per heavy atom. The fraction of sp³-hybridized carbons (Fsp3) is 0.429. The number of aryl methyl sites for hydroxylation is 4. The average molecular weight is 384 g/mol. The minimum absolute atomic E-state index is 0.666. The minimum atomic E-state index is 0.666. The molecule has 3 aromatic rings. The number of nitrogens with zero attached hydrogens (tertiary/aromatic N) is 3. The number of benzene rings is 1. The van der Waals surface area contributed by atoms with Crippen LogP contribution in [0.2, 0.25) is 0 Å². The molecule has 0 bridgehead atoms. The van der Waals surface area contributed by atoms with Crippen LogP contribution in [0.3, 0.4) is 0 Å². The second-order valence-electron chi connectivity index (χ2n) is 7.17. The molecule has 1 aliphatic rings. The molecule has 0 N–H and O–H groups in total. The summed E-state index contributed by atoms with van der Waals surface area (Å²) in [6.07, 6.45) is 0. The summed E-state index contributed by atoms with van der Waals surface area (Å²) >= 11 is 1.71. The number of fused-ring (bicyclic) bond motifs is 1. The van der Waals surface area contributed by atoms with E-state index in [0.717, 1.165) is 60.2 Å². The van der Waals surface area contributed by atoms with Crippen molar-refractivity contribution in [3.8, 4) is 11.6 Å². The van der Waals surface area contributed by atoms with Crippen molar-refractivity contribution < 1.29 is 9.47 Å². The molecule has 5 nitrogen and oxygen atoms in total. The maximum absolute atomic E-state index is 6.34. The standard InChI is InChI=1S/C21H25N3O2S/c1-13-5-6-14(2)17(11-13)26-20-19-15(3)16(4)27-21(19)23-18(22-20)12-24-7-9-25-10-8-24/h5-6,11H,7-10,12H2,1-4H3. The molecule has 4 rings (SSSR count). The molecule has 27 heavy (non-hydrogen) atoms. The van der Waals surface area contributed by atoms with Crippen LogP contribution in [0.5, 0.6) is 11.6 Å². The molecule has 142 valence electrons. The summed E-state index contributed by atoms with van der Waals surface area (Å²) in [5, 5.41) is 1.03. The minimum Gasteiger partial charge on any atom is -0.438 e. The molecular formula is C21H25N3O2S. The van der Waals surface area contributed by atoms with Crippen LogP contribution in [-0.4, -0.2) is 41.2 Å². The Labute approximate surface area is 164 Å². The van der Waals surface area contributed by atoms with Gasteiger partial charge in [-0.2, -0.15) is 4.98 Å². The Kier molecular flexibility index (Phi) is 5.12. The number of hydrogen-bond donors (Lipinski definition) is 0. The van der Waals surface area contributed by atoms with Gasteiger partial charge in [-0.1, -0.05) is 12.1 Å². The first-order chi connectivity index (χ1) is 13.0. The normalized spacial score (nSPS) is 15.4. The van der Waals surface area contributed by atoms with E-state index in [1.165, 1.54) is 16.0 Å². The molecule has 0 atom stereocenters. The molecule has 0 saturated carbocycles. The summed E-state index contributed by atoms with van der Waals surface area (Å²) in [5.74, 6) is 2.33. The highest BCUT2D eigenvalue weighted by Gasteiger charge is 2.19. The fourth-order valence-corrected chi connectivity index (χ4v) is 4.32. The monoisotopic (exact) mass is 383 g/mol. The topological polar surface area (TPSA) is 47.5 Å². The first-order valence-electron chi connectivity index (χ1n) is 9.33. The first kappa shape index (κ1) is 18.3. The van der Waals surface area contributed by atoms with E-state index in [1.807, 2.05) is 0 Å². The zero-order valence-corrected chi connectivity index (χ0v) is 17.2. The highest BCUT2D eigenvalue weighted by atomic mass is 32.1. The molecule has 1 aliphatic heterocycles. The molecule has 0 spiro atoms. The van der Waals surface area contributed by atoms with Gasteiger partial charge in [0, 0.05) is 18.0 Å². The van der Waals surface area contributed by atoms with E-state index < -0.39 is 0 Å². The molecule has 6 heteroatoms. The van der Waals surface area contributed by atoms with E-state index >= 15 is 0 Å². The summed E-state index contributed by atoms with van der Waals surface area (Å²) in [7, 11) is 0. The molecule has 0 aliphatic carbocycles. The van der Waals surface area contributed by atoms with Gasteiger partial charge in [-0.25, -0.2) is 4.98 Å². The predicted molar refractivity (Wildman–Crippen MR) is 109 cm³/mol. The van der Waals surface area contributed by atoms with Crippen molar-refractivity contribution in [1.82, 2.24) is 14.9 Å². The highest BCUT2D eigenvalue weighted by molar-refractivity contribution is 7.18. The Morgan fingerprint density at radius 1 is 1.11 bits per heavy atom. The van der Waals surface area contributed by atoms with Crippen molar-refractivity contribution in [3.05, 3.63) is 45.6 Å². The van der Waals surface area contributed by atoms with E-state index in [0.29, 0.717) is 5.88 Å². The summed E-state index contributed by atoms with van der Waals surface area (Å²) < 4.78 is 11.8. The van der Waals surface area contributed by atoms with Gasteiger partial charge >= 0.3 is 0 Å². The van der Waals surface area contributed by atoms with Gasteiger partial charge in [-0.05, 0) is 50.5 Å². The van der Waals surface area contributed by atoms with Crippen molar-refractivity contribution in [2.24, 2.45) is 0 Å². The number of ether oxygens (including phenoxy) is 2. The zero-order valence-electron chi connectivity index (χ0n) is 16.3. The quantitative estimate of drug-likeness (QED) is 0.661. The summed E-state index contributed by atoms with van der Waals surface area (Å²) in [6.45, 7) is 12.5. The molecule has 1 fully saturated rings. The van der Waals surface area contributed by atoms with Crippen LogP contribution < -0.4 is 4.74 Å². The Balaban J connectivity index is 1.75. The lowest BCUT2D eigenvalue weighted by Crippen LogP contribution is -2.36. The molecule has 2 aromatic heterocycles. The van der Waals surface area contributed by atoms with Crippen LogP contribution >= 0.6 is 11.3 Å². The van der Waals surface area contributed by atoms with Gasteiger partial charge in [0.25, 0.3) is 0 Å². The third kappa shape index (κ3) is 3.83. The Bertz CT molecular complexity index is 977. The van der Waals surface area contributed by atoms with Gasteiger partial charge < -0.3 is 9.47 Å². The number of rotatable bonds is 4. The second kappa shape index (κ2) is 7.54. The number of aromatic nitrogens is 2. The summed E-state index contributed by atoms with van der Waals surface area (Å²) in [6, 6.07) is 6.25. The van der Waals surface area contributed by atoms with Crippen LogP contribution in [-0.2, 0) is 11.3 Å². The van der Waals surface area contributed by atoms with E-state index in [-0.39, 0.29) is 0 Å². The van der Waals surface area contributed by atoms with Gasteiger partial charge in [0.2, 0.25) is 5.88 Å². The van der Waals surface area contributed by atoms with Crippen LogP contribution in [0.15, 0.2) is 18.2 Å². The van der Waals surface area contributed by atoms with Crippen LogP contribution in [0.4, 0.5) is 0 Å². The van der Waals surface area contributed by atoms with Gasteiger partial charge in [-0.15, -0.1) is 11.3 Å². The number of morpholine rings is 1. The van der Waals surface area contributed by atoms with Crippen LogP contribution in [0.1, 0.15) is 27.4 Å². The maximum atomic E-state index is 6.34. The number of thiophene rings is 1. The van der Waals surface area contributed by atoms with Crippen molar-refractivity contribution >= 4 is 21.6 Å². The third-order valence-corrected chi connectivity index (χ3v) is 6.16. The largest absolute Gasteiger partial charge is 0.438 e. The third-order valence-electron chi connectivity index (χ3n) is 5.06. The lowest BCUT2D eigenvalue weighted by Gasteiger charge is -2.25. The van der Waals surface area contributed by atoms with E-state index in [2.05, 4.69) is 50.8 Å². The second-order valence-corrected chi connectivity index (χ2v) is 8.37. The summed E-state index contributed by atoms with van der Waals surface area (Å²) in [5.41, 5.74) is 3.48. The molecular weight excluding hydrogens is 358 g/mol. The average Bonchev–Trinajstić information content (AvgIpc) is 2.93.